The molecule has 0 aliphatic carbocycles. The molecule has 4 rings (SSSR count). The van der Waals surface area contributed by atoms with Crippen LogP contribution in [0.1, 0.15) is 162 Å². The summed E-state index contributed by atoms with van der Waals surface area (Å²) in [5, 5.41) is 89.3. The molecule has 4 heterocycles. The number of aliphatic hydroxyl groups is 4. The number of quaternary nitrogens is 4. The van der Waals surface area contributed by atoms with E-state index in [0.717, 1.165) is 61.2 Å². The van der Waals surface area contributed by atoms with Crippen LogP contribution in [0.5, 0.6) is 0 Å². The van der Waals surface area contributed by atoms with E-state index in [2.05, 4.69) is 132 Å². The first-order chi connectivity index (χ1) is 28.4. The van der Waals surface area contributed by atoms with E-state index in [1.165, 1.54) is 0 Å². The predicted molar refractivity (Wildman–Crippen MR) is 234 cm³/mol. The first-order valence-corrected chi connectivity index (χ1v) is 22.9. The lowest BCUT2D eigenvalue weighted by atomic mass is 9.81. The zero-order chi connectivity index (χ0) is 50.5. The van der Waals surface area contributed by atoms with Crippen LogP contribution in [0.15, 0.2) is 0 Å². The van der Waals surface area contributed by atoms with Gasteiger partial charge in [0.25, 0.3) is 0 Å². The van der Waals surface area contributed by atoms with Gasteiger partial charge in [-0.1, -0.05) is 0 Å². The van der Waals surface area contributed by atoms with E-state index in [-0.39, 0.29) is 81.8 Å². The summed E-state index contributed by atoms with van der Waals surface area (Å²) in [5.41, 5.74) is 1.68. The van der Waals surface area contributed by atoms with Gasteiger partial charge in [-0.25, -0.2) is 0 Å². The Kier molecular flexibility index (Phi) is 23.5. The van der Waals surface area contributed by atoms with Gasteiger partial charge in [-0.15, -0.1) is 0 Å². The summed E-state index contributed by atoms with van der Waals surface area (Å²) in [6.45, 7) is 31.8. The maximum Gasteiger partial charge on any atom is 0.0933 e. The van der Waals surface area contributed by atoms with E-state index in [0.29, 0.717) is 0 Å². The van der Waals surface area contributed by atoms with Gasteiger partial charge in [-0.05, 0) is 111 Å². The van der Waals surface area contributed by atoms with Crippen LogP contribution in [0.3, 0.4) is 0 Å². The van der Waals surface area contributed by atoms with Crippen molar-refractivity contribution >= 4 is 23.9 Å². The molecular formula is C46H92N6O12. The molecule has 378 valence electrons. The van der Waals surface area contributed by atoms with Gasteiger partial charge in [0.15, 0.2) is 0 Å². The number of carboxylic acid groups (broad SMARTS) is 4. The van der Waals surface area contributed by atoms with E-state index in [1.54, 1.807) is 0 Å². The van der Waals surface area contributed by atoms with Gasteiger partial charge < -0.3 is 81.3 Å². The lowest BCUT2D eigenvalue weighted by Gasteiger charge is -2.41. The van der Waals surface area contributed by atoms with Crippen molar-refractivity contribution < 1.29 is 81.3 Å². The van der Waals surface area contributed by atoms with Crippen LogP contribution < -0.4 is 41.7 Å². The molecular weight excluding hydrogens is 829 g/mol. The Morgan fingerprint density at radius 2 is 0.484 bits per heavy atom. The minimum atomic E-state index is -1.53. The molecule has 0 atom stereocenters. The summed E-state index contributed by atoms with van der Waals surface area (Å²) in [6, 6.07) is 0. The van der Waals surface area contributed by atoms with Crippen LogP contribution >= 0.6 is 0 Å². The number of aliphatic hydroxyl groups excluding tert-OH is 4. The smallest absolute Gasteiger partial charge is 0.0933 e. The molecule has 4 aliphatic heterocycles. The van der Waals surface area contributed by atoms with Crippen LogP contribution in [-0.4, -0.2) is 162 Å². The van der Waals surface area contributed by atoms with Gasteiger partial charge in [-0.3, -0.25) is 9.80 Å². The third kappa shape index (κ3) is 29.9. The molecule has 0 radical (unpaired) electrons. The number of rotatable bonds is 11. The first kappa shape index (κ1) is 61.5. The highest BCUT2D eigenvalue weighted by molar-refractivity contribution is 5.71. The molecule has 4 aliphatic rings. The highest BCUT2D eigenvalue weighted by Crippen LogP contribution is 2.24. The van der Waals surface area contributed by atoms with Gasteiger partial charge >= 0.3 is 0 Å². The summed E-state index contributed by atoms with van der Waals surface area (Å²) in [6.07, 6.45) is 6.88. The lowest BCUT2D eigenvalue weighted by Crippen LogP contribution is -3.05. The molecule has 0 spiro atoms. The number of carboxylic acids is 4. The Bertz CT molecular complexity index is 1210. The molecule has 64 heavy (non-hydrogen) atoms. The number of hydrogen-bond acceptors (Lipinski definition) is 14. The molecule has 0 unspecified atom stereocenters. The van der Waals surface area contributed by atoms with Crippen LogP contribution in [0, 0.1) is 0 Å². The number of carbonyl (C=O) groups excluding carboxylic acids is 4. The van der Waals surface area contributed by atoms with Crippen molar-refractivity contribution in [1.29, 1.82) is 0 Å². The Morgan fingerprint density at radius 3 is 0.578 bits per heavy atom. The van der Waals surface area contributed by atoms with Crippen LogP contribution in [0.2, 0.25) is 0 Å². The summed E-state index contributed by atoms with van der Waals surface area (Å²) in [4.78, 5) is 43.4. The van der Waals surface area contributed by atoms with E-state index in [9.17, 15) is 60.0 Å². The number of piperidine rings is 4. The van der Waals surface area contributed by atoms with E-state index in [1.807, 2.05) is 0 Å². The van der Waals surface area contributed by atoms with E-state index >= 15 is 0 Å². The Balaban J connectivity index is 0.000000795. The SMILES string of the molecule is CC1(C)CC(O)CC(C)(C)[NH2+]1.CC1(C)CC(O)CC(C)(C)[NH2+]1.CC1(C)CC(O)CC(C)(C)[NH2+]1.CC1(C)CC(O)CC(C)(C)[NH2+]1.O=C([O-])CN(CCN(CC(=O)[O-])CC(=O)[O-])CC(=O)[O-]. The minimum Gasteiger partial charge on any atom is -0.549 e. The second-order valence-corrected chi connectivity index (χ2v) is 24.6. The second-order valence-electron chi connectivity index (χ2n) is 24.6. The minimum absolute atomic E-state index is 0.106. The third-order valence-electron chi connectivity index (χ3n) is 11.4. The van der Waals surface area contributed by atoms with Crippen molar-refractivity contribution in [3.05, 3.63) is 0 Å². The van der Waals surface area contributed by atoms with Crippen molar-refractivity contribution in [3.63, 3.8) is 0 Å². The molecule has 0 aromatic heterocycles. The lowest BCUT2D eigenvalue weighted by molar-refractivity contribution is -0.790. The maximum atomic E-state index is 10.4. The van der Waals surface area contributed by atoms with Crippen LogP contribution in [0.4, 0.5) is 0 Å². The first-order valence-electron chi connectivity index (χ1n) is 22.9. The van der Waals surface area contributed by atoms with Crippen LogP contribution in [-0.2, 0) is 19.2 Å². The molecule has 0 saturated carbocycles. The van der Waals surface area contributed by atoms with Crippen molar-refractivity contribution in [2.75, 3.05) is 39.3 Å². The van der Waals surface area contributed by atoms with Gasteiger partial charge in [0, 0.05) is 90.6 Å². The summed E-state index contributed by atoms with van der Waals surface area (Å²) in [5.74, 6) is -6.12. The molecule has 4 saturated heterocycles. The molecule has 12 N–H and O–H groups in total. The van der Waals surface area contributed by atoms with Crippen molar-refractivity contribution in [2.45, 2.75) is 231 Å². The molecule has 4 fully saturated rings. The zero-order valence-corrected chi connectivity index (χ0v) is 42.5. The molecule has 0 amide bonds. The summed E-state index contributed by atoms with van der Waals surface area (Å²) < 4.78 is 0. The monoisotopic (exact) mass is 921 g/mol. The normalized spacial score (nSPS) is 24.2. The fourth-order valence-electron chi connectivity index (χ4n) is 11.3. The highest BCUT2D eigenvalue weighted by Gasteiger charge is 2.43. The summed E-state index contributed by atoms with van der Waals surface area (Å²) in [7, 11) is 0. The van der Waals surface area contributed by atoms with E-state index in [4.69, 9.17) is 0 Å². The highest BCUT2D eigenvalue weighted by atomic mass is 16.4. The molecule has 0 aromatic rings. The number of nitrogens with two attached hydrogens (primary N) is 4. The molecule has 18 heteroatoms. The average molecular weight is 921 g/mol. The molecule has 0 aromatic carbocycles. The fourth-order valence-corrected chi connectivity index (χ4v) is 11.3. The number of aliphatic carboxylic acids is 4. The Morgan fingerprint density at radius 1 is 0.359 bits per heavy atom. The summed E-state index contributed by atoms with van der Waals surface area (Å²) >= 11 is 0. The Hall–Kier alpha value is -2.52. The molecule has 0 bridgehead atoms. The van der Waals surface area contributed by atoms with Crippen LogP contribution in [0.25, 0.3) is 0 Å². The van der Waals surface area contributed by atoms with E-state index < -0.39 is 50.1 Å². The topological polar surface area (TPSA) is 314 Å². The van der Waals surface area contributed by atoms with Crippen molar-refractivity contribution in [3.8, 4) is 0 Å². The third-order valence-corrected chi connectivity index (χ3v) is 11.4. The number of carbonyl (C=O) groups is 4. The predicted octanol–water partition coefficient (Wildman–Crippen LogP) is -6.36. The average Bonchev–Trinajstić information content (AvgIpc) is 2.92. The standard InChI is InChI=1S/C10H16N2O8.4C9H19NO/c13-7(14)3-11(4-8(15)16)1-2-12(5-9(17)18)6-10(19)20;4*1-8(2)5-7(11)6-9(3,4)10-8/h1-6H2,(H,13,14)(H,15,16)(H,17,18)(H,19,20);4*7,10-11H,5-6H2,1-4H3. The van der Waals surface area contributed by atoms with Crippen molar-refractivity contribution in [1.82, 2.24) is 9.80 Å². The van der Waals surface area contributed by atoms with Gasteiger partial charge in [0.1, 0.15) is 0 Å². The largest absolute Gasteiger partial charge is 0.549 e. The fraction of sp³-hybridized carbons (Fsp3) is 0.913. The zero-order valence-electron chi connectivity index (χ0n) is 42.5. The quantitative estimate of drug-likeness (QED) is 0.0957. The van der Waals surface area contributed by atoms with Crippen molar-refractivity contribution in [2.24, 2.45) is 0 Å². The van der Waals surface area contributed by atoms with Gasteiger partial charge in [0.2, 0.25) is 0 Å². The maximum absolute atomic E-state index is 10.4. The number of hydrogen-bond donors (Lipinski definition) is 8. The molecule has 18 nitrogen and oxygen atoms in total. The van der Waals surface area contributed by atoms with Gasteiger partial charge in [-0.2, -0.15) is 0 Å². The second kappa shape index (κ2) is 24.5. The van der Waals surface area contributed by atoms with Gasteiger partial charge in [0.05, 0.1) is 92.6 Å². The number of nitrogens with zero attached hydrogens (tertiary/aromatic N) is 2. The Labute approximate surface area is 384 Å².